The molecule has 0 aliphatic rings. The zero-order chi connectivity index (χ0) is 11.8. The van der Waals surface area contributed by atoms with E-state index in [-0.39, 0.29) is 0 Å². The van der Waals surface area contributed by atoms with Gasteiger partial charge in [-0.25, -0.2) is 4.98 Å². The fourth-order valence-corrected chi connectivity index (χ4v) is 1.84. The summed E-state index contributed by atoms with van der Waals surface area (Å²) in [5.74, 6) is 0.709. The van der Waals surface area contributed by atoms with Crippen LogP contribution < -0.4 is 0 Å². The third kappa shape index (κ3) is 1.85. The minimum atomic E-state index is 0.396. The summed E-state index contributed by atoms with van der Waals surface area (Å²) < 4.78 is 1.77. The van der Waals surface area contributed by atoms with Crippen molar-refractivity contribution in [2.45, 2.75) is 0 Å². The molecule has 3 rings (SSSR count). The van der Waals surface area contributed by atoms with E-state index in [0.717, 1.165) is 5.56 Å². The summed E-state index contributed by atoms with van der Waals surface area (Å²) in [4.78, 5) is 4.01. The molecule has 1 aromatic carbocycles. The van der Waals surface area contributed by atoms with Gasteiger partial charge in [0.2, 0.25) is 0 Å². The van der Waals surface area contributed by atoms with E-state index >= 15 is 0 Å². The molecule has 0 unspecified atom stereocenters. The molecule has 2 heterocycles. The van der Waals surface area contributed by atoms with E-state index in [1.807, 2.05) is 12.1 Å². The molecule has 4 nitrogen and oxygen atoms in total. The molecule has 17 heavy (non-hydrogen) atoms. The van der Waals surface area contributed by atoms with Gasteiger partial charge in [0.25, 0.3) is 0 Å². The summed E-state index contributed by atoms with van der Waals surface area (Å²) in [7, 11) is 0. The maximum absolute atomic E-state index is 5.84. The Bertz CT molecular complexity index is 676. The van der Waals surface area contributed by atoms with E-state index in [1.165, 1.54) is 0 Å². The summed E-state index contributed by atoms with van der Waals surface area (Å²) in [6.45, 7) is 0. The Kier molecular flexibility index (Phi) is 2.46. The molecule has 0 radical (unpaired) electrons. The topological polar surface area (TPSA) is 43.1 Å². The maximum atomic E-state index is 5.84. The Morgan fingerprint density at radius 3 is 2.53 bits per heavy atom. The summed E-state index contributed by atoms with van der Waals surface area (Å²) in [5.41, 5.74) is 1.58. The molecule has 0 N–H and O–H groups in total. The van der Waals surface area contributed by atoms with Crippen molar-refractivity contribution >= 4 is 28.8 Å². The standard InChI is InChI=1S/C11H6Cl2N4/c12-8-3-1-7(2-4-8)11-16-15-10-5-9(13)14-6-17(10)11/h1-6H. The predicted octanol–water partition coefficient (Wildman–Crippen LogP) is 3.10. The van der Waals surface area contributed by atoms with Crippen molar-refractivity contribution in [3.05, 3.63) is 46.8 Å². The first-order valence-electron chi connectivity index (χ1n) is 4.86. The molecule has 0 fully saturated rings. The molecular formula is C11H6Cl2N4. The Morgan fingerprint density at radius 2 is 1.76 bits per heavy atom. The van der Waals surface area contributed by atoms with Gasteiger partial charge in [-0.3, -0.25) is 4.40 Å². The van der Waals surface area contributed by atoms with E-state index in [0.29, 0.717) is 21.6 Å². The van der Waals surface area contributed by atoms with E-state index in [9.17, 15) is 0 Å². The van der Waals surface area contributed by atoms with Gasteiger partial charge in [0.15, 0.2) is 11.5 Å². The summed E-state index contributed by atoms with van der Waals surface area (Å²) in [6.07, 6.45) is 1.60. The van der Waals surface area contributed by atoms with Gasteiger partial charge in [-0.15, -0.1) is 10.2 Å². The second-order valence-electron chi connectivity index (χ2n) is 3.47. The van der Waals surface area contributed by atoms with Crippen LogP contribution in [0.15, 0.2) is 36.7 Å². The van der Waals surface area contributed by atoms with Crippen LogP contribution >= 0.6 is 23.2 Å². The van der Waals surface area contributed by atoms with Gasteiger partial charge >= 0.3 is 0 Å². The fourth-order valence-electron chi connectivity index (χ4n) is 1.57. The van der Waals surface area contributed by atoms with E-state index in [2.05, 4.69) is 15.2 Å². The first kappa shape index (κ1) is 10.5. The van der Waals surface area contributed by atoms with Crippen LogP contribution in [0.3, 0.4) is 0 Å². The highest BCUT2D eigenvalue weighted by atomic mass is 35.5. The quantitative estimate of drug-likeness (QED) is 0.635. The average Bonchev–Trinajstić information content (AvgIpc) is 2.73. The van der Waals surface area contributed by atoms with Crippen LogP contribution in [0.25, 0.3) is 17.0 Å². The number of hydrogen-bond donors (Lipinski definition) is 0. The molecule has 2 aromatic heterocycles. The second-order valence-corrected chi connectivity index (χ2v) is 4.29. The zero-order valence-corrected chi connectivity index (χ0v) is 10.0. The number of rotatable bonds is 1. The van der Waals surface area contributed by atoms with E-state index < -0.39 is 0 Å². The van der Waals surface area contributed by atoms with Crippen molar-refractivity contribution in [3.63, 3.8) is 0 Å². The lowest BCUT2D eigenvalue weighted by Crippen LogP contribution is -1.90. The van der Waals surface area contributed by atoms with Gasteiger partial charge in [0, 0.05) is 16.7 Å². The van der Waals surface area contributed by atoms with Crippen LogP contribution in [0.4, 0.5) is 0 Å². The maximum Gasteiger partial charge on any atom is 0.169 e. The number of halogens is 2. The van der Waals surface area contributed by atoms with Crippen molar-refractivity contribution in [2.75, 3.05) is 0 Å². The van der Waals surface area contributed by atoms with E-state index in [1.54, 1.807) is 28.9 Å². The summed E-state index contributed by atoms with van der Waals surface area (Å²) in [6, 6.07) is 9.04. The lowest BCUT2D eigenvalue weighted by Gasteiger charge is -1.99. The SMILES string of the molecule is Clc1ccc(-c2nnc3cc(Cl)ncn23)cc1. The molecular weight excluding hydrogens is 259 g/mol. The fraction of sp³-hybridized carbons (Fsp3) is 0. The van der Waals surface area contributed by atoms with Crippen molar-refractivity contribution in [2.24, 2.45) is 0 Å². The van der Waals surface area contributed by atoms with Gasteiger partial charge < -0.3 is 0 Å². The number of benzene rings is 1. The molecule has 0 amide bonds. The Hall–Kier alpha value is -1.65. The number of hydrogen-bond acceptors (Lipinski definition) is 3. The first-order valence-corrected chi connectivity index (χ1v) is 5.62. The monoisotopic (exact) mass is 264 g/mol. The van der Waals surface area contributed by atoms with Gasteiger partial charge in [-0.1, -0.05) is 23.2 Å². The van der Waals surface area contributed by atoms with Crippen LogP contribution in [0.5, 0.6) is 0 Å². The molecule has 0 atom stereocenters. The highest BCUT2D eigenvalue weighted by Gasteiger charge is 2.08. The number of fused-ring (bicyclic) bond motifs is 1. The minimum absolute atomic E-state index is 0.396. The highest BCUT2D eigenvalue weighted by Crippen LogP contribution is 2.20. The lowest BCUT2D eigenvalue weighted by atomic mass is 10.2. The Morgan fingerprint density at radius 1 is 1.00 bits per heavy atom. The predicted molar refractivity (Wildman–Crippen MR) is 66.2 cm³/mol. The zero-order valence-electron chi connectivity index (χ0n) is 8.51. The van der Waals surface area contributed by atoms with Gasteiger partial charge in [-0.2, -0.15) is 0 Å². The van der Waals surface area contributed by atoms with Gasteiger partial charge in [0.05, 0.1) is 0 Å². The van der Waals surface area contributed by atoms with Gasteiger partial charge in [-0.05, 0) is 24.3 Å². The van der Waals surface area contributed by atoms with Crippen molar-refractivity contribution in [1.29, 1.82) is 0 Å². The molecule has 0 spiro atoms. The molecule has 0 aliphatic carbocycles. The lowest BCUT2D eigenvalue weighted by molar-refractivity contribution is 1.08. The van der Waals surface area contributed by atoms with Crippen molar-refractivity contribution in [1.82, 2.24) is 19.6 Å². The average molecular weight is 265 g/mol. The molecule has 0 aliphatic heterocycles. The number of nitrogens with zero attached hydrogens (tertiary/aromatic N) is 4. The van der Waals surface area contributed by atoms with Crippen LogP contribution in [-0.4, -0.2) is 19.6 Å². The van der Waals surface area contributed by atoms with Crippen molar-refractivity contribution in [3.8, 4) is 11.4 Å². The summed E-state index contributed by atoms with van der Waals surface area (Å²) in [5, 5.41) is 9.22. The summed E-state index contributed by atoms with van der Waals surface area (Å²) >= 11 is 11.6. The molecule has 6 heteroatoms. The smallest absolute Gasteiger partial charge is 0.169 e. The third-order valence-corrected chi connectivity index (χ3v) is 2.83. The molecule has 0 saturated carbocycles. The molecule has 3 aromatic rings. The minimum Gasteiger partial charge on any atom is -0.265 e. The molecule has 84 valence electrons. The van der Waals surface area contributed by atoms with Crippen molar-refractivity contribution < 1.29 is 0 Å². The van der Waals surface area contributed by atoms with Crippen LogP contribution in [-0.2, 0) is 0 Å². The third-order valence-electron chi connectivity index (χ3n) is 2.37. The Labute approximate surface area is 107 Å². The largest absolute Gasteiger partial charge is 0.265 e. The van der Waals surface area contributed by atoms with Crippen LogP contribution in [0, 0.1) is 0 Å². The highest BCUT2D eigenvalue weighted by molar-refractivity contribution is 6.30. The van der Waals surface area contributed by atoms with Gasteiger partial charge in [0.1, 0.15) is 11.5 Å². The molecule has 0 saturated heterocycles. The van der Waals surface area contributed by atoms with E-state index in [4.69, 9.17) is 23.2 Å². The second kappa shape index (κ2) is 3.98. The number of aromatic nitrogens is 4. The normalized spacial score (nSPS) is 10.9. The van der Waals surface area contributed by atoms with Crippen LogP contribution in [0.1, 0.15) is 0 Å². The Balaban J connectivity index is 2.21. The molecule has 0 bridgehead atoms. The first-order chi connectivity index (χ1) is 8.24. The van der Waals surface area contributed by atoms with Crippen LogP contribution in [0.2, 0.25) is 10.2 Å².